The van der Waals surface area contributed by atoms with Crippen LogP contribution in [-0.2, 0) is 6.42 Å². The molecule has 0 aliphatic heterocycles. The summed E-state index contributed by atoms with van der Waals surface area (Å²) >= 11 is 0. The van der Waals surface area contributed by atoms with Crippen LogP contribution >= 0.6 is 0 Å². The molecule has 0 spiro atoms. The van der Waals surface area contributed by atoms with Gasteiger partial charge in [-0.1, -0.05) is 19.8 Å². The molecule has 0 nitrogen and oxygen atoms in total. The number of aryl methyl sites for hydroxylation is 1. The van der Waals surface area contributed by atoms with Crippen LogP contribution in [0.15, 0.2) is 24.3 Å². The van der Waals surface area contributed by atoms with Crippen LogP contribution in [0, 0.1) is 0 Å². The van der Waals surface area contributed by atoms with Gasteiger partial charge < -0.3 is 0 Å². The van der Waals surface area contributed by atoms with Gasteiger partial charge in [-0.3, -0.25) is 0 Å². The van der Waals surface area contributed by atoms with Crippen LogP contribution in [0.5, 0.6) is 0 Å². The number of rotatable bonds is 2. The first-order chi connectivity index (χ1) is 3.93. The zero-order valence-electron chi connectivity index (χ0n) is 6.22. The van der Waals surface area contributed by atoms with E-state index in [1.165, 1.54) is 18.4 Å². The van der Waals surface area contributed by atoms with Crippen molar-refractivity contribution >= 4 is 0 Å². The molecule has 0 N–H and O–H groups in total. The zero-order chi connectivity index (χ0) is 5.82. The van der Waals surface area contributed by atoms with Crippen LogP contribution in [0.3, 0.4) is 0 Å². The van der Waals surface area contributed by atoms with Crippen molar-refractivity contribution < 1.29 is 51.4 Å². The number of hydrogen-bond donors (Lipinski definition) is 0. The van der Waals surface area contributed by atoms with Crippen LogP contribution in [0.25, 0.3) is 0 Å². The first-order valence-electron chi connectivity index (χ1n) is 3.14. The third-order valence-electron chi connectivity index (χ3n) is 1.27. The minimum atomic E-state index is 0. The van der Waals surface area contributed by atoms with Gasteiger partial charge in [-0.05, 0) is 0 Å². The van der Waals surface area contributed by atoms with Crippen molar-refractivity contribution in [3.05, 3.63) is 29.8 Å². The Balaban J connectivity index is 0.000000640. The maximum Gasteiger partial charge on any atom is 1.00 e. The van der Waals surface area contributed by atoms with E-state index >= 15 is 0 Å². The van der Waals surface area contributed by atoms with Crippen LogP contribution in [0.2, 0.25) is 0 Å². The van der Waals surface area contributed by atoms with Gasteiger partial charge in [0, 0.05) is 0 Å². The standard InChI is InChI=1S/C8H11.K/c1-2-5-8-6-3-4-7-8;/h3-4,6-7H,2,5H2,1H3;/q-1;+1. The summed E-state index contributed by atoms with van der Waals surface area (Å²) < 4.78 is 0. The van der Waals surface area contributed by atoms with Crippen molar-refractivity contribution in [3.8, 4) is 0 Å². The molecule has 1 heteroatoms. The summed E-state index contributed by atoms with van der Waals surface area (Å²) in [6.45, 7) is 2.20. The molecule has 9 heavy (non-hydrogen) atoms. The molecule has 0 fully saturated rings. The minimum Gasteiger partial charge on any atom is -0.213 e. The Morgan fingerprint density at radius 3 is 2.22 bits per heavy atom. The quantitative estimate of drug-likeness (QED) is 0.385. The summed E-state index contributed by atoms with van der Waals surface area (Å²) in [5.41, 5.74) is 1.47. The predicted octanol–water partition coefficient (Wildman–Crippen LogP) is -0.638. The van der Waals surface area contributed by atoms with Crippen LogP contribution in [0.4, 0.5) is 0 Å². The van der Waals surface area contributed by atoms with E-state index in [0.717, 1.165) is 0 Å². The average Bonchev–Trinajstić information content (AvgIpc) is 2.19. The second kappa shape index (κ2) is 5.75. The third kappa shape index (κ3) is 3.63. The molecule has 0 bridgehead atoms. The molecule has 0 heterocycles. The summed E-state index contributed by atoms with van der Waals surface area (Å²) in [5.74, 6) is 0. The van der Waals surface area contributed by atoms with Gasteiger partial charge in [-0.25, -0.2) is 12.1 Å². The van der Waals surface area contributed by atoms with Gasteiger partial charge in [0.25, 0.3) is 0 Å². The van der Waals surface area contributed by atoms with Gasteiger partial charge >= 0.3 is 51.4 Å². The van der Waals surface area contributed by atoms with Crippen molar-refractivity contribution in [2.45, 2.75) is 19.8 Å². The summed E-state index contributed by atoms with van der Waals surface area (Å²) in [6.07, 6.45) is 2.48. The Hall–Kier alpha value is 0.986. The second-order valence-corrected chi connectivity index (χ2v) is 2.04. The topological polar surface area (TPSA) is 0 Å². The molecule has 0 unspecified atom stereocenters. The molecule has 0 saturated carbocycles. The van der Waals surface area contributed by atoms with E-state index in [2.05, 4.69) is 31.2 Å². The molecule has 0 atom stereocenters. The van der Waals surface area contributed by atoms with Gasteiger partial charge in [-0.2, -0.15) is 17.7 Å². The molecule has 0 amide bonds. The summed E-state index contributed by atoms with van der Waals surface area (Å²) in [6, 6.07) is 8.52. The minimum absolute atomic E-state index is 0. The molecule has 0 aliphatic rings. The Bertz CT molecular complexity index is 130. The monoisotopic (exact) mass is 146 g/mol. The molecule has 0 aliphatic carbocycles. The Morgan fingerprint density at radius 2 is 1.78 bits per heavy atom. The maximum absolute atomic E-state index is 2.20. The largest absolute Gasteiger partial charge is 1.00 e. The summed E-state index contributed by atoms with van der Waals surface area (Å²) in [4.78, 5) is 0. The second-order valence-electron chi connectivity index (χ2n) is 2.04. The van der Waals surface area contributed by atoms with Crippen LogP contribution in [-0.4, -0.2) is 0 Å². The van der Waals surface area contributed by atoms with E-state index in [0.29, 0.717) is 0 Å². The van der Waals surface area contributed by atoms with Gasteiger partial charge in [0.15, 0.2) is 0 Å². The van der Waals surface area contributed by atoms with E-state index in [1.807, 2.05) is 0 Å². The van der Waals surface area contributed by atoms with Crippen LogP contribution < -0.4 is 51.4 Å². The third-order valence-corrected chi connectivity index (χ3v) is 1.27. The van der Waals surface area contributed by atoms with Gasteiger partial charge in [0.2, 0.25) is 0 Å². The Labute approximate surface area is 99.4 Å². The van der Waals surface area contributed by atoms with Crippen molar-refractivity contribution in [2.75, 3.05) is 0 Å². The first kappa shape index (κ1) is 9.99. The molecule has 1 rings (SSSR count). The van der Waals surface area contributed by atoms with E-state index < -0.39 is 0 Å². The molecule has 0 radical (unpaired) electrons. The van der Waals surface area contributed by atoms with Gasteiger partial charge in [-0.15, -0.1) is 0 Å². The van der Waals surface area contributed by atoms with E-state index in [9.17, 15) is 0 Å². The average molecular weight is 146 g/mol. The SMILES string of the molecule is CCC[c-]1cccc1.[K+]. The molecular weight excluding hydrogens is 135 g/mol. The summed E-state index contributed by atoms with van der Waals surface area (Å²) in [5, 5.41) is 0. The maximum atomic E-state index is 2.20. The fourth-order valence-electron chi connectivity index (χ4n) is 0.869. The smallest absolute Gasteiger partial charge is 0.213 e. The fraction of sp³-hybridized carbons (Fsp3) is 0.375. The van der Waals surface area contributed by atoms with Gasteiger partial charge in [0.05, 0.1) is 0 Å². The first-order valence-corrected chi connectivity index (χ1v) is 3.14. The van der Waals surface area contributed by atoms with Crippen molar-refractivity contribution in [3.63, 3.8) is 0 Å². The number of hydrogen-bond acceptors (Lipinski definition) is 0. The van der Waals surface area contributed by atoms with E-state index in [-0.39, 0.29) is 51.4 Å². The van der Waals surface area contributed by atoms with Crippen LogP contribution in [0.1, 0.15) is 18.9 Å². The predicted molar refractivity (Wildman–Crippen MR) is 36.0 cm³/mol. The Kier molecular flexibility index (Phi) is 6.38. The summed E-state index contributed by atoms with van der Waals surface area (Å²) in [7, 11) is 0. The molecule has 44 valence electrons. The molecule has 1 aromatic rings. The van der Waals surface area contributed by atoms with Crippen molar-refractivity contribution in [1.82, 2.24) is 0 Å². The van der Waals surface area contributed by atoms with Crippen molar-refractivity contribution in [2.24, 2.45) is 0 Å². The van der Waals surface area contributed by atoms with E-state index in [1.54, 1.807) is 0 Å². The molecular formula is C8H11K. The van der Waals surface area contributed by atoms with E-state index in [4.69, 9.17) is 0 Å². The molecule has 0 aromatic heterocycles. The van der Waals surface area contributed by atoms with Gasteiger partial charge in [0.1, 0.15) is 0 Å². The molecule has 1 aromatic carbocycles. The Morgan fingerprint density at radius 1 is 1.22 bits per heavy atom. The fourth-order valence-corrected chi connectivity index (χ4v) is 0.869. The molecule has 0 saturated heterocycles. The normalized spacial score (nSPS) is 8.56. The zero-order valence-corrected chi connectivity index (χ0v) is 9.35. The van der Waals surface area contributed by atoms with Crippen molar-refractivity contribution in [1.29, 1.82) is 0 Å².